The number of hydrogen-bond donors (Lipinski definition) is 0. The fourth-order valence-electron chi connectivity index (χ4n) is 2.98. The zero-order chi connectivity index (χ0) is 21.5. The summed E-state index contributed by atoms with van der Waals surface area (Å²) < 4.78 is 25.3. The Kier molecular flexibility index (Phi) is 7.41. The zero-order valence-electron chi connectivity index (χ0n) is 17.3. The summed E-state index contributed by atoms with van der Waals surface area (Å²) in [5, 5.41) is 2.70. The van der Waals surface area contributed by atoms with Crippen molar-refractivity contribution in [2.45, 2.75) is 39.5 Å². The van der Waals surface area contributed by atoms with Crippen LogP contribution in [0, 0.1) is 5.82 Å². The van der Waals surface area contributed by atoms with E-state index < -0.39 is 5.82 Å². The highest BCUT2D eigenvalue weighted by Crippen LogP contribution is 2.27. The SMILES string of the molecule is CC[C@H](C)N(Cc1csc(COc2ccccc2OC)n1)C(=O)c1ccccc1F. The number of amides is 1. The number of carbonyl (C=O) groups is 1. The summed E-state index contributed by atoms with van der Waals surface area (Å²) in [7, 11) is 1.60. The lowest BCUT2D eigenvalue weighted by atomic mass is 10.1. The quantitative estimate of drug-likeness (QED) is 0.463. The van der Waals surface area contributed by atoms with Crippen LogP contribution in [0.5, 0.6) is 11.5 Å². The topological polar surface area (TPSA) is 51.7 Å². The molecule has 0 saturated heterocycles. The molecule has 0 fully saturated rings. The summed E-state index contributed by atoms with van der Waals surface area (Å²) in [5.74, 6) is 0.461. The number of ether oxygens (including phenoxy) is 2. The Morgan fingerprint density at radius 2 is 1.87 bits per heavy atom. The van der Waals surface area contributed by atoms with E-state index in [-0.39, 0.29) is 17.5 Å². The molecule has 0 N–H and O–H groups in total. The summed E-state index contributed by atoms with van der Waals surface area (Å²) in [6.45, 7) is 4.57. The van der Waals surface area contributed by atoms with Crippen LogP contribution < -0.4 is 9.47 Å². The lowest BCUT2D eigenvalue weighted by Crippen LogP contribution is -2.38. The molecule has 1 atom stereocenters. The summed E-state index contributed by atoms with van der Waals surface area (Å²) in [4.78, 5) is 19.2. The monoisotopic (exact) mass is 428 g/mol. The number of thiazole rings is 1. The van der Waals surface area contributed by atoms with E-state index in [9.17, 15) is 9.18 Å². The van der Waals surface area contributed by atoms with Gasteiger partial charge < -0.3 is 14.4 Å². The highest BCUT2D eigenvalue weighted by Gasteiger charge is 2.24. The molecule has 0 saturated carbocycles. The number of para-hydroxylation sites is 2. The molecule has 30 heavy (non-hydrogen) atoms. The summed E-state index contributed by atoms with van der Waals surface area (Å²) in [6.07, 6.45) is 0.758. The molecule has 1 heterocycles. The van der Waals surface area contributed by atoms with Crippen molar-refractivity contribution in [2.24, 2.45) is 0 Å². The van der Waals surface area contributed by atoms with Crippen LogP contribution in [-0.4, -0.2) is 28.9 Å². The number of carbonyl (C=O) groups excluding carboxylic acids is 1. The van der Waals surface area contributed by atoms with Crippen molar-refractivity contribution in [2.75, 3.05) is 7.11 Å². The number of halogens is 1. The molecule has 158 valence electrons. The summed E-state index contributed by atoms with van der Waals surface area (Å²) >= 11 is 1.47. The largest absolute Gasteiger partial charge is 0.493 e. The fraction of sp³-hybridized carbons (Fsp3) is 0.304. The van der Waals surface area contributed by atoms with Gasteiger partial charge in [0, 0.05) is 11.4 Å². The maximum atomic E-state index is 14.1. The van der Waals surface area contributed by atoms with Crippen molar-refractivity contribution in [3.8, 4) is 11.5 Å². The first kappa shape index (κ1) is 21.8. The van der Waals surface area contributed by atoms with Gasteiger partial charge in [0.2, 0.25) is 0 Å². The minimum atomic E-state index is -0.514. The zero-order valence-corrected chi connectivity index (χ0v) is 18.1. The van der Waals surface area contributed by atoms with Gasteiger partial charge in [0.05, 0.1) is 24.9 Å². The Morgan fingerprint density at radius 1 is 1.17 bits per heavy atom. The third-order valence-corrected chi connectivity index (χ3v) is 5.71. The van der Waals surface area contributed by atoms with Crippen LogP contribution in [0.25, 0.3) is 0 Å². The minimum Gasteiger partial charge on any atom is -0.493 e. The first-order valence-corrected chi connectivity index (χ1v) is 10.7. The van der Waals surface area contributed by atoms with Crippen LogP contribution in [0.15, 0.2) is 53.9 Å². The molecule has 0 unspecified atom stereocenters. The van der Waals surface area contributed by atoms with Crippen LogP contribution >= 0.6 is 11.3 Å². The van der Waals surface area contributed by atoms with E-state index in [1.807, 2.05) is 43.5 Å². The number of rotatable bonds is 9. The second kappa shape index (κ2) is 10.2. The highest BCUT2D eigenvalue weighted by molar-refractivity contribution is 7.09. The molecule has 5 nitrogen and oxygen atoms in total. The molecule has 0 aliphatic rings. The molecular formula is C23H25FN2O3S. The fourth-order valence-corrected chi connectivity index (χ4v) is 3.67. The van der Waals surface area contributed by atoms with Gasteiger partial charge in [-0.3, -0.25) is 4.79 Å². The lowest BCUT2D eigenvalue weighted by Gasteiger charge is -2.28. The number of nitrogens with zero attached hydrogens (tertiary/aromatic N) is 2. The van der Waals surface area contributed by atoms with Crippen molar-refractivity contribution in [3.63, 3.8) is 0 Å². The van der Waals surface area contributed by atoms with Gasteiger partial charge in [0.15, 0.2) is 11.5 Å². The van der Waals surface area contributed by atoms with Gasteiger partial charge in [0.1, 0.15) is 17.4 Å². The first-order chi connectivity index (χ1) is 14.5. The van der Waals surface area contributed by atoms with E-state index in [1.54, 1.807) is 24.1 Å². The first-order valence-electron chi connectivity index (χ1n) is 9.78. The molecule has 1 amide bonds. The Morgan fingerprint density at radius 3 is 2.57 bits per heavy atom. The number of methoxy groups -OCH3 is 1. The van der Waals surface area contributed by atoms with Crippen LogP contribution in [0.3, 0.4) is 0 Å². The van der Waals surface area contributed by atoms with E-state index in [0.717, 1.165) is 17.1 Å². The normalized spacial score (nSPS) is 11.7. The van der Waals surface area contributed by atoms with Crippen LogP contribution in [0.1, 0.15) is 41.3 Å². The summed E-state index contributed by atoms with van der Waals surface area (Å²) in [5.41, 5.74) is 0.830. The maximum absolute atomic E-state index is 14.1. The third-order valence-electron chi connectivity index (χ3n) is 4.84. The van der Waals surface area contributed by atoms with Gasteiger partial charge >= 0.3 is 0 Å². The maximum Gasteiger partial charge on any atom is 0.257 e. The third kappa shape index (κ3) is 5.16. The molecule has 0 radical (unpaired) electrons. The van der Waals surface area contributed by atoms with Gasteiger partial charge in [0.25, 0.3) is 5.91 Å². The Labute approximate surface area is 180 Å². The lowest BCUT2D eigenvalue weighted by molar-refractivity contribution is 0.0664. The minimum absolute atomic E-state index is 0.0490. The van der Waals surface area contributed by atoms with Crippen molar-refractivity contribution in [3.05, 3.63) is 76.0 Å². The highest BCUT2D eigenvalue weighted by atomic mass is 32.1. The average molecular weight is 429 g/mol. The van der Waals surface area contributed by atoms with Crippen molar-refractivity contribution in [1.82, 2.24) is 9.88 Å². The van der Waals surface area contributed by atoms with Gasteiger partial charge in [-0.25, -0.2) is 9.37 Å². The Hall–Kier alpha value is -2.93. The molecule has 3 aromatic rings. The molecule has 0 aliphatic heterocycles. The molecule has 7 heteroatoms. The predicted octanol–water partition coefficient (Wildman–Crippen LogP) is 5.31. The van der Waals surface area contributed by atoms with Crippen molar-refractivity contribution < 1.29 is 18.7 Å². The summed E-state index contributed by atoms with van der Waals surface area (Å²) in [6, 6.07) is 13.4. The second-order valence-corrected chi connectivity index (χ2v) is 7.78. The number of benzene rings is 2. The van der Waals surface area contributed by atoms with Crippen molar-refractivity contribution in [1.29, 1.82) is 0 Å². The van der Waals surface area contributed by atoms with E-state index in [4.69, 9.17) is 9.47 Å². The van der Waals surface area contributed by atoms with E-state index in [2.05, 4.69) is 4.98 Å². The second-order valence-electron chi connectivity index (χ2n) is 6.84. The smallest absolute Gasteiger partial charge is 0.257 e. The number of hydrogen-bond acceptors (Lipinski definition) is 5. The van der Waals surface area contributed by atoms with E-state index in [1.165, 1.54) is 23.5 Å². The molecule has 0 bridgehead atoms. The van der Waals surface area contributed by atoms with Gasteiger partial charge in [-0.1, -0.05) is 31.2 Å². The van der Waals surface area contributed by atoms with Crippen molar-refractivity contribution >= 4 is 17.2 Å². The molecule has 1 aromatic heterocycles. The molecule has 3 rings (SSSR count). The predicted molar refractivity (Wildman–Crippen MR) is 115 cm³/mol. The Balaban J connectivity index is 1.71. The van der Waals surface area contributed by atoms with Gasteiger partial charge in [-0.2, -0.15) is 0 Å². The Bertz CT molecular complexity index is 992. The molecule has 2 aromatic carbocycles. The average Bonchev–Trinajstić information content (AvgIpc) is 3.23. The van der Waals surface area contributed by atoms with Gasteiger partial charge in [-0.15, -0.1) is 11.3 Å². The molecule has 0 spiro atoms. The van der Waals surface area contributed by atoms with Crippen LogP contribution in [-0.2, 0) is 13.2 Å². The van der Waals surface area contributed by atoms with Gasteiger partial charge in [-0.05, 0) is 37.6 Å². The molecular weight excluding hydrogens is 403 g/mol. The van der Waals surface area contributed by atoms with E-state index >= 15 is 0 Å². The van der Waals surface area contributed by atoms with Crippen LogP contribution in [0.4, 0.5) is 4.39 Å². The molecule has 0 aliphatic carbocycles. The van der Waals surface area contributed by atoms with E-state index in [0.29, 0.717) is 24.7 Å². The standard InChI is InChI=1S/C23H25FN2O3S/c1-4-16(2)26(23(27)18-9-5-6-10-19(18)24)13-17-15-30-22(25-17)14-29-21-12-8-7-11-20(21)28-3/h5-12,15-16H,4,13-14H2,1-3H3/t16-/m0/s1. The van der Waals surface area contributed by atoms with Crippen LogP contribution in [0.2, 0.25) is 0 Å². The number of aromatic nitrogens is 1.